The molecule has 0 spiro atoms. The Kier molecular flexibility index (Phi) is 3.99. The molecular formula is C16H19FN4O3S. The molecule has 1 aromatic carbocycles. The van der Waals surface area contributed by atoms with E-state index in [0.29, 0.717) is 24.7 Å². The van der Waals surface area contributed by atoms with Crippen LogP contribution in [0.1, 0.15) is 18.7 Å². The number of fused-ring (bicyclic) bond motifs is 1. The summed E-state index contributed by atoms with van der Waals surface area (Å²) in [7, 11) is -3.94. The fourth-order valence-electron chi connectivity index (χ4n) is 3.14. The van der Waals surface area contributed by atoms with Crippen molar-refractivity contribution in [1.82, 2.24) is 18.7 Å². The van der Waals surface area contributed by atoms with Crippen molar-refractivity contribution in [1.29, 1.82) is 0 Å². The SMILES string of the molecule is O=c1n(CC2CC2)nc2n1CCN(S(=O)(=O)c1ccccc1F)CC2. The van der Waals surface area contributed by atoms with Gasteiger partial charge in [0.1, 0.15) is 16.5 Å². The highest BCUT2D eigenvalue weighted by Crippen LogP contribution is 2.30. The molecule has 9 heteroatoms. The number of halogens is 1. The monoisotopic (exact) mass is 366 g/mol. The average Bonchev–Trinajstić information content (AvgIpc) is 3.37. The van der Waals surface area contributed by atoms with E-state index >= 15 is 0 Å². The predicted octanol–water partition coefficient (Wildman–Crippen LogP) is 0.841. The fourth-order valence-corrected chi connectivity index (χ4v) is 4.64. The lowest BCUT2D eigenvalue weighted by Gasteiger charge is -2.19. The lowest BCUT2D eigenvalue weighted by Crippen LogP contribution is -2.35. The van der Waals surface area contributed by atoms with Crippen molar-refractivity contribution in [2.24, 2.45) is 5.92 Å². The van der Waals surface area contributed by atoms with Crippen molar-refractivity contribution in [3.8, 4) is 0 Å². The Bertz CT molecular complexity index is 962. The second-order valence-corrected chi connectivity index (χ2v) is 8.47. The summed E-state index contributed by atoms with van der Waals surface area (Å²) < 4.78 is 43.6. The Morgan fingerprint density at radius 3 is 2.64 bits per heavy atom. The van der Waals surface area contributed by atoms with Gasteiger partial charge in [0.15, 0.2) is 0 Å². The highest BCUT2D eigenvalue weighted by molar-refractivity contribution is 7.89. The Labute approximate surface area is 144 Å². The van der Waals surface area contributed by atoms with Gasteiger partial charge in [0, 0.05) is 32.6 Å². The van der Waals surface area contributed by atoms with E-state index in [0.717, 1.165) is 18.9 Å². The summed E-state index contributed by atoms with van der Waals surface area (Å²) in [5, 5.41) is 4.37. The summed E-state index contributed by atoms with van der Waals surface area (Å²) in [6, 6.07) is 5.34. The summed E-state index contributed by atoms with van der Waals surface area (Å²) >= 11 is 0. The molecule has 0 radical (unpaired) electrons. The third-order valence-corrected chi connectivity index (χ3v) is 6.67. The maximum absolute atomic E-state index is 13.9. The van der Waals surface area contributed by atoms with Crippen molar-refractivity contribution in [2.45, 2.75) is 37.2 Å². The van der Waals surface area contributed by atoms with E-state index in [2.05, 4.69) is 5.10 Å². The first-order valence-corrected chi connectivity index (χ1v) is 9.82. The van der Waals surface area contributed by atoms with Gasteiger partial charge < -0.3 is 0 Å². The van der Waals surface area contributed by atoms with Crippen LogP contribution in [0.25, 0.3) is 0 Å². The summed E-state index contributed by atoms with van der Waals surface area (Å²) in [5.74, 6) is 0.364. The molecule has 0 saturated heterocycles. The van der Waals surface area contributed by atoms with Gasteiger partial charge in [-0.05, 0) is 30.9 Å². The van der Waals surface area contributed by atoms with Gasteiger partial charge in [0.25, 0.3) is 0 Å². The molecule has 1 fully saturated rings. The van der Waals surface area contributed by atoms with E-state index in [4.69, 9.17) is 0 Å². The van der Waals surface area contributed by atoms with Gasteiger partial charge in [-0.3, -0.25) is 4.57 Å². The molecule has 0 N–H and O–H groups in total. The number of rotatable bonds is 4. The van der Waals surface area contributed by atoms with Crippen LogP contribution >= 0.6 is 0 Å². The minimum absolute atomic E-state index is 0.124. The van der Waals surface area contributed by atoms with Gasteiger partial charge in [0.2, 0.25) is 10.0 Å². The van der Waals surface area contributed by atoms with Gasteiger partial charge in [-0.15, -0.1) is 0 Å². The lowest BCUT2D eigenvalue weighted by atomic mass is 10.3. The Hall–Kier alpha value is -2.00. The molecule has 7 nitrogen and oxygen atoms in total. The molecule has 0 atom stereocenters. The molecule has 1 saturated carbocycles. The number of hydrogen-bond donors (Lipinski definition) is 0. The molecule has 2 aromatic rings. The summed E-state index contributed by atoms with van der Waals surface area (Å²) in [4.78, 5) is 12.1. The van der Waals surface area contributed by atoms with E-state index in [1.807, 2.05) is 0 Å². The molecule has 1 aliphatic heterocycles. The molecule has 2 aliphatic rings. The summed E-state index contributed by atoms with van der Waals surface area (Å²) in [6.45, 7) is 1.16. The van der Waals surface area contributed by atoms with Crippen molar-refractivity contribution < 1.29 is 12.8 Å². The van der Waals surface area contributed by atoms with Gasteiger partial charge in [-0.1, -0.05) is 12.1 Å². The van der Waals surface area contributed by atoms with Gasteiger partial charge in [-0.25, -0.2) is 22.3 Å². The van der Waals surface area contributed by atoms with Crippen LogP contribution in [-0.4, -0.2) is 40.2 Å². The Morgan fingerprint density at radius 2 is 1.92 bits per heavy atom. The molecular weight excluding hydrogens is 347 g/mol. The Balaban J connectivity index is 1.58. The number of sulfonamides is 1. The lowest BCUT2D eigenvalue weighted by molar-refractivity contribution is 0.405. The standard InChI is InChI=1S/C16H19FN4O3S/c17-13-3-1-2-4-14(13)25(23,24)19-8-7-15-18-21(11-12-5-6-12)16(22)20(15)10-9-19/h1-4,12H,5-11H2. The maximum Gasteiger partial charge on any atom is 0.345 e. The third kappa shape index (κ3) is 3.02. The highest BCUT2D eigenvalue weighted by atomic mass is 32.2. The highest BCUT2D eigenvalue weighted by Gasteiger charge is 2.31. The topological polar surface area (TPSA) is 77.2 Å². The van der Waals surface area contributed by atoms with Crippen molar-refractivity contribution in [2.75, 3.05) is 13.1 Å². The molecule has 0 amide bonds. The molecule has 25 heavy (non-hydrogen) atoms. The minimum Gasteiger partial charge on any atom is -0.278 e. The second kappa shape index (κ2) is 6.06. The van der Waals surface area contributed by atoms with Crippen LogP contribution in [-0.2, 0) is 29.5 Å². The predicted molar refractivity (Wildman–Crippen MR) is 88.1 cm³/mol. The van der Waals surface area contributed by atoms with Crippen molar-refractivity contribution in [3.05, 3.63) is 46.4 Å². The smallest absolute Gasteiger partial charge is 0.278 e. The number of hydrogen-bond acceptors (Lipinski definition) is 4. The minimum atomic E-state index is -3.94. The molecule has 134 valence electrons. The molecule has 0 bridgehead atoms. The average molecular weight is 366 g/mol. The van der Waals surface area contributed by atoms with Crippen molar-refractivity contribution in [3.63, 3.8) is 0 Å². The van der Waals surface area contributed by atoms with Crippen LogP contribution < -0.4 is 5.69 Å². The summed E-state index contributed by atoms with van der Waals surface area (Å²) in [6.07, 6.45) is 2.59. The van der Waals surface area contributed by atoms with Crippen molar-refractivity contribution >= 4 is 10.0 Å². The zero-order valence-corrected chi connectivity index (χ0v) is 14.5. The molecule has 1 aliphatic carbocycles. The normalized spacial score (nSPS) is 18.8. The van der Waals surface area contributed by atoms with Crippen LogP contribution in [0.4, 0.5) is 4.39 Å². The largest absolute Gasteiger partial charge is 0.345 e. The molecule has 0 unspecified atom stereocenters. The zero-order valence-electron chi connectivity index (χ0n) is 13.6. The first-order valence-electron chi connectivity index (χ1n) is 8.38. The van der Waals surface area contributed by atoms with Crippen LogP contribution in [0.5, 0.6) is 0 Å². The Morgan fingerprint density at radius 1 is 1.16 bits per heavy atom. The van der Waals surface area contributed by atoms with E-state index in [1.54, 1.807) is 4.57 Å². The van der Waals surface area contributed by atoms with E-state index < -0.39 is 15.8 Å². The fraction of sp³-hybridized carbons (Fsp3) is 0.500. The number of nitrogens with zero attached hydrogens (tertiary/aromatic N) is 4. The number of benzene rings is 1. The number of aromatic nitrogens is 3. The molecule has 2 heterocycles. The van der Waals surface area contributed by atoms with E-state index in [1.165, 1.54) is 27.2 Å². The van der Waals surface area contributed by atoms with Crippen LogP contribution in [0.15, 0.2) is 34.0 Å². The van der Waals surface area contributed by atoms with E-state index in [9.17, 15) is 17.6 Å². The van der Waals surface area contributed by atoms with E-state index in [-0.39, 0.29) is 30.2 Å². The van der Waals surface area contributed by atoms with Crippen LogP contribution in [0.3, 0.4) is 0 Å². The summed E-state index contributed by atoms with van der Waals surface area (Å²) in [5.41, 5.74) is -0.188. The second-order valence-electron chi connectivity index (χ2n) is 6.56. The van der Waals surface area contributed by atoms with Gasteiger partial charge >= 0.3 is 5.69 Å². The molecule has 4 rings (SSSR count). The first kappa shape index (κ1) is 16.5. The third-order valence-electron chi connectivity index (χ3n) is 4.74. The van der Waals surface area contributed by atoms with Crippen LogP contribution in [0, 0.1) is 11.7 Å². The van der Waals surface area contributed by atoms with Crippen LogP contribution in [0.2, 0.25) is 0 Å². The molecule has 1 aromatic heterocycles. The zero-order chi connectivity index (χ0) is 17.6. The maximum atomic E-state index is 13.9. The first-order chi connectivity index (χ1) is 12.0. The van der Waals surface area contributed by atoms with Gasteiger partial charge in [-0.2, -0.15) is 9.40 Å². The van der Waals surface area contributed by atoms with Gasteiger partial charge in [0.05, 0.1) is 0 Å². The quantitative estimate of drug-likeness (QED) is 0.803.